The zero-order chi connectivity index (χ0) is 28.5. The fourth-order valence-electron chi connectivity index (χ4n) is 3.52. The molecule has 38 heavy (non-hydrogen) atoms. The molecule has 0 fully saturated rings. The van der Waals surface area contributed by atoms with Gasteiger partial charge >= 0.3 is 0 Å². The Bertz CT molecular complexity index is 951. The smallest absolute Gasteiger partial charge is 0.290 e. The van der Waals surface area contributed by atoms with Crippen LogP contribution in [0.15, 0.2) is 30.3 Å². The molecular formula is C27H41N5O6. The number of unbranched alkanes of at least 4 members (excludes halogenated alkanes) is 2. The van der Waals surface area contributed by atoms with E-state index in [9.17, 15) is 28.8 Å². The van der Waals surface area contributed by atoms with Gasteiger partial charge in [0.2, 0.25) is 29.4 Å². The number of rotatable bonds is 17. The van der Waals surface area contributed by atoms with Gasteiger partial charge in [-0.2, -0.15) is 0 Å². The molecule has 0 bridgehead atoms. The van der Waals surface area contributed by atoms with Crippen molar-refractivity contribution < 1.29 is 28.8 Å². The molecule has 4 N–H and O–H groups in total. The summed E-state index contributed by atoms with van der Waals surface area (Å²) in [5.41, 5.74) is 0.581. The lowest BCUT2D eigenvalue weighted by molar-refractivity contribution is -0.141. The van der Waals surface area contributed by atoms with Crippen molar-refractivity contribution in [2.75, 3.05) is 27.2 Å². The summed E-state index contributed by atoms with van der Waals surface area (Å²) in [7, 11) is 3.14. The van der Waals surface area contributed by atoms with Crippen LogP contribution in [0.2, 0.25) is 0 Å². The lowest BCUT2D eigenvalue weighted by Crippen LogP contribution is -2.50. The van der Waals surface area contributed by atoms with Crippen molar-refractivity contribution in [3.05, 3.63) is 35.9 Å². The van der Waals surface area contributed by atoms with Gasteiger partial charge in [-0.25, -0.2) is 0 Å². The van der Waals surface area contributed by atoms with Gasteiger partial charge in [0.1, 0.15) is 6.04 Å². The predicted octanol–water partition coefficient (Wildman–Crippen LogP) is 0.989. The first kappa shape index (κ1) is 32.3. The molecule has 0 aliphatic heterocycles. The van der Waals surface area contributed by atoms with Crippen LogP contribution in [-0.2, 0) is 28.8 Å². The SMILES string of the molecule is CCCCC(NC(=O)CCCCNC(=O)CC)C(=O)C(=O)NCC(=O)NC(C(=O)N(C)C)c1ccccc1. The van der Waals surface area contributed by atoms with E-state index in [2.05, 4.69) is 21.3 Å². The van der Waals surface area contributed by atoms with Crippen LogP contribution in [0, 0.1) is 0 Å². The second-order valence-electron chi connectivity index (χ2n) is 9.11. The maximum absolute atomic E-state index is 12.8. The van der Waals surface area contributed by atoms with Gasteiger partial charge in [-0.3, -0.25) is 28.8 Å². The molecule has 1 aromatic rings. The Hall–Kier alpha value is -3.76. The van der Waals surface area contributed by atoms with Crippen molar-refractivity contribution in [2.24, 2.45) is 0 Å². The van der Waals surface area contributed by atoms with Crippen LogP contribution in [0.5, 0.6) is 0 Å². The van der Waals surface area contributed by atoms with Crippen LogP contribution in [0.1, 0.15) is 70.4 Å². The summed E-state index contributed by atoms with van der Waals surface area (Å²) in [6.45, 7) is 3.64. The van der Waals surface area contributed by atoms with Crippen molar-refractivity contribution in [1.29, 1.82) is 0 Å². The van der Waals surface area contributed by atoms with Crippen LogP contribution in [0.25, 0.3) is 0 Å². The Morgan fingerprint density at radius 1 is 0.816 bits per heavy atom. The first-order valence-corrected chi connectivity index (χ1v) is 13.0. The minimum Gasteiger partial charge on any atom is -0.356 e. The topological polar surface area (TPSA) is 154 Å². The molecule has 0 aliphatic rings. The maximum Gasteiger partial charge on any atom is 0.290 e. The molecule has 0 heterocycles. The molecule has 1 aromatic carbocycles. The molecule has 0 radical (unpaired) electrons. The first-order chi connectivity index (χ1) is 18.1. The molecule has 1 rings (SSSR count). The highest BCUT2D eigenvalue weighted by Gasteiger charge is 2.28. The fourth-order valence-corrected chi connectivity index (χ4v) is 3.52. The third-order valence-electron chi connectivity index (χ3n) is 5.73. The molecule has 5 amide bonds. The molecule has 0 aliphatic carbocycles. The quantitative estimate of drug-likeness (QED) is 0.174. The molecule has 2 atom stereocenters. The number of nitrogens with zero attached hydrogens (tertiary/aromatic N) is 1. The largest absolute Gasteiger partial charge is 0.356 e. The minimum atomic E-state index is -1.00. The van der Waals surface area contributed by atoms with E-state index >= 15 is 0 Å². The number of carbonyl (C=O) groups excluding carboxylic acids is 6. The third-order valence-corrected chi connectivity index (χ3v) is 5.73. The van der Waals surface area contributed by atoms with E-state index in [0.717, 1.165) is 6.42 Å². The number of benzene rings is 1. The Morgan fingerprint density at radius 3 is 2.11 bits per heavy atom. The summed E-state index contributed by atoms with van der Waals surface area (Å²) in [6.07, 6.45) is 3.37. The number of Topliss-reactive ketones (excluding diaryl/α,β-unsaturated/α-hetero) is 1. The number of ketones is 1. The summed E-state index contributed by atoms with van der Waals surface area (Å²) in [5, 5.41) is 10.2. The third kappa shape index (κ3) is 12.0. The van der Waals surface area contributed by atoms with Crippen LogP contribution < -0.4 is 21.3 Å². The number of nitrogens with one attached hydrogen (secondary N) is 4. The molecule has 11 nitrogen and oxygen atoms in total. The van der Waals surface area contributed by atoms with E-state index < -0.39 is 36.2 Å². The maximum atomic E-state index is 12.8. The zero-order valence-corrected chi connectivity index (χ0v) is 22.8. The van der Waals surface area contributed by atoms with E-state index in [1.54, 1.807) is 51.4 Å². The van der Waals surface area contributed by atoms with E-state index in [1.807, 2.05) is 6.92 Å². The number of carbonyl (C=O) groups is 6. The van der Waals surface area contributed by atoms with E-state index in [0.29, 0.717) is 44.2 Å². The number of hydrogen-bond donors (Lipinski definition) is 4. The monoisotopic (exact) mass is 531 g/mol. The van der Waals surface area contributed by atoms with Gasteiger partial charge in [-0.15, -0.1) is 0 Å². The number of likely N-dealkylation sites (N-methyl/N-ethyl adjacent to an activating group) is 1. The van der Waals surface area contributed by atoms with Crippen LogP contribution in [0.3, 0.4) is 0 Å². The summed E-state index contributed by atoms with van der Waals surface area (Å²) in [5.74, 6) is -3.22. The van der Waals surface area contributed by atoms with E-state index in [-0.39, 0.29) is 24.1 Å². The van der Waals surface area contributed by atoms with Gasteiger partial charge in [-0.05, 0) is 24.8 Å². The molecule has 2 unspecified atom stereocenters. The van der Waals surface area contributed by atoms with Crippen molar-refractivity contribution in [3.63, 3.8) is 0 Å². The zero-order valence-electron chi connectivity index (χ0n) is 22.8. The Labute approximate surface area is 224 Å². The van der Waals surface area contributed by atoms with Gasteiger partial charge in [0.05, 0.1) is 12.6 Å². The molecule has 11 heteroatoms. The molecule has 210 valence electrons. The first-order valence-electron chi connectivity index (χ1n) is 13.0. The molecule has 0 saturated heterocycles. The second-order valence-corrected chi connectivity index (χ2v) is 9.11. The van der Waals surface area contributed by atoms with Crippen molar-refractivity contribution in [1.82, 2.24) is 26.2 Å². The Kier molecular flexibility index (Phi) is 15.0. The number of amides is 5. The fraction of sp³-hybridized carbons (Fsp3) is 0.556. The Balaban J connectivity index is 2.65. The van der Waals surface area contributed by atoms with Crippen molar-refractivity contribution in [3.8, 4) is 0 Å². The van der Waals surface area contributed by atoms with Gasteiger partial charge < -0.3 is 26.2 Å². The second kappa shape index (κ2) is 17.7. The van der Waals surface area contributed by atoms with Gasteiger partial charge in [-0.1, -0.05) is 57.0 Å². The van der Waals surface area contributed by atoms with E-state index in [4.69, 9.17) is 0 Å². The van der Waals surface area contributed by atoms with Gasteiger partial charge in [0.25, 0.3) is 5.91 Å². The van der Waals surface area contributed by atoms with Crippen molar-refractivity contribution in [2.45, 2.75) is 70.9 Å². The summed E-state index contributed by atoms with van der Waals surface area (Å²) >= 11 is 0. The highest BCUT2D eigenvalue weighted by molar-refractivity contribution is 6.38. The summed E-state index contributed by atoms with van der Waals surface area (Å²) < 4.78 is 0. The van der Waals surface area contributed by atoms with Gasteiger partial charge in [0, 0.05) is 33.5 Å². The number of hydrogen-bond acceptors (Lipinski definition) is 6. The van der Waals surface area contributed by atoms with Crippen LogP contribution in [0.4, 0.5) is 0 Å². The van der Waals surface area contributed by atoms with Crippen LogP contribution in [-0.4, -0.2) is 73.4 Å². The average Bonchev–Trinajstić information content (AvgIpc) is 2.91. The van der Waals surface area contributed by atoms with Gasteiger partial charge in [0.15, 0.2) is 0 Å². The average molecular weight is 532 g/mol. The minimum absolute atomic E-state index is 0.0562. The summed E-state index contributed by atoms with van der Waals surface area (Å²) in [4.78, 5) is 75.3. The van der Waals surface area contributed by atoms with Crippen molar-refractivity contribution >= 4 is 35.3 Å². The standard InChI is InChI=1S/C27H41N5O6/c1-5-7-15-20(30-22(34)16-11-12-17-28-21(33)6-2)25(36)26(37)29-18-23(35)31-24(27(38)32(3)4)19-13-9-8-10-14-19/h8-10,13-14,20,24H,5-7,11-12,15-18H2,1-4H3,(H,28,33)(H,29,37)(H,30,34)(H,31,35). The summed E-state index contributed by atoms with van der Waals surface area (Å²) in [6, 6.07) is 6.73. The normalized spacial score (nSPS) is 12.0. The Morgan fingerprint density at radius 2 is 1.50 bits per heavy atom. The highest BCUT2D eigenvalue weighted by atomic mass is 16.2. The molecule has 0 saturated carbocycles. The van der Waals surface area contributed by atoms with Crippen LogP contribution >= 0.6 is 0 Å². The molecular weight excluding hydrogens is 490 g/mol. The highest BCUT2D eigenvalue weighted by Crippen LogP contribution is 2.14. The lowest BCUT2D eigenvalue weighted by Gasteiger charge is -2.22. The predicted molar refractivity (Wildman–Crippen MR) is 143 cm³/mol. The van der Waals surface area contributed by atoms with E-state index in [1.165, 1.54) is 4.90 Å². The molecule has 0 spiro atoms. The molecule has 0 aromatic heterocycles. The lowest BCUT2D eigenvalue weighted by atomic mass is 10.0.